The number of esters is 1. The van der Waals surface area contributed by atoms with Crippen molar-refractivity contribution in [2.45, 2.75) is 124 Å². The van der Waals surface area contributed by atoms with E-state index in [0.29, 0.717) is 12.2 Å². The molecule has 0 saturated heterocycles. The molecular weight excluding hydrogens is 368 g/mol. The zero-order valence-corrected chi connectivity index (χ0v) is 20.0. The Labute approximate surface area is 186 Å². The Kier molecular flexibility index (Phi) is 12.2. The lowest BCUT2D eigenvalue weighted by Gasteiger charge is -2.28. The third kappa shape index (κ3) is 9.67. The maximum atomic E-state index is 12.1. The minimum atomic E-state index is -0.0886. The smallest absolute Gasteiger partial charge is 0.311 e. The van der Waals surface area contributed by atoms with Gasteiger partial charge in [-0.25, -0.2) is 0 Å². The van der Waals surface area contributed by atoms with Gasteiger partial charge in [0.15, 0.2) is 0 Å². The van der Waals surface area contributed by atoms with E-state index in [9.17, 15) is 4.79 Å². The van der Waals surface area contributed by atoms with E-state index in [1.54, 1.807) is 0 Å². The van der Waals surface area contributed by atoms with E-state index in [1.165, 1.54) is 88.2 Å². The van der Waals surface area contributed by atoms with Crippen LogP contribution in [0.25, 0.3) is 0 Å². The summed E-state index contributed by atoms with van der Waals surface area (Å²) in [6.07, 6.45) is 20.1. The van der Waals surface area contributed by atoms with Crippen molar-refractivity contribution in [2.75, 3.05) is 0 Å². The van der Waals surface area contributed by atoms with E-state index in [-0.39, 0.29) is 5.97 Å². The molecule has 1 aromatic rings. The van der Waals surface area contributed by atoms with Crippen molar-refractivity contribution in [3.8, 4) is 5.75 Å². The quantitative estimate of drug-likeness (QED) is 0.173. The molecular formula is C28H46O2. The number of aryl methyl sites for hydroxylation is 2. The molecule has 0 aromatic heterocycles. The number of carbonyl (C=O) groups excluding carboxylic acids is 1. The third-order valence-corrected chi connectivity index (χ3v) is 7.03. The van der Waals surface area contributed by atoms with Crippen LogP contribution in [-0.2, 0) is 11.2 Å². The van der Waals surface area contributed by atoms with Gasteiger partial charge in [0.05, 0.1) is 0 Å². The van der Waals surface area contributed by atoms with E-state index >= 15 is 0 Å². The lowest BCUT2D eigenvalue weighted by molar-refractivity contribution is -0.134. The average molecular weight is 415 g/mol. The number of unbranched alkanes of at least 4 members (excludes halogenated alkanes) is 6. The number of hydrogen-bond donors (Lipinski definition) is 0. The van der Waals surface area contributed by atoms with Crippen molar-refractivity contribution < 1.29 is 9.53 Å². The molecule has 1 fully saturated rings. The summed E-state index contributed by atoms with van der Waals surface area (Å²) in [6, 6.07) is 6.21. The maximum Gasteiger partial charge on any atom is 0.311 e. The summed E-state index contributed by atoms with van der Waals surface area (Å²) in [5.74, 6) is 2.52. The monoisotopic (exact) mass is 414 g/mol. The van der Waals surface area contributed by atoms with Gasteiger partial charge in [0.1, 0.15) is 5.75 Å². The van der Waals surface area contributed by atoms with E-state index in [0.717, 1.165) is 31.1 Å². The Morgan fingerprint density at radius 3 is 2.17 bits per heavy atom. The van der Waals surface area contributed by atoms with Crippen molar-refractivity contribution in [3.05, 3.63) is 29.3 Å². The number of benzene rings is 1. The molecule has 2 rings (SSSR count). The summed E-state index contributed by atoms with van der Waals surface area (Å²) in [5, 5.41) is 0. The van der Waals surface area contributed by atoms with Crippen LogP contribution in [0, 0.1) is 18.8 Å². The molecule has 30 heavy (non-hydrogen) atoms. The van der Waals surface area contributed by atoms with Gasteiger partial charge in [-0.05, 0) is 61.3 Å². The minimum Gasteiger partial charge on any atom is -0.427 e. The Morgan fingerprint density at radius 1 is 0.867 bits per heavy atom. The molecule has 1 aliphatic carbocycles. The highest BCUT2D eigenvalue weighted by molar-refractivity contribution is 5.72. The highest BCUT2D eigenvalue weighted by atomic mass is 16.5. The first kappa shape index (κ1) is 25.0. The topological polar surface area (TPSA) is 26.3 Å². The minimum absolute atomic E-state index is 0.0886. The first-order valence-corrected chi connectivity index (χ1v) is 12.9. The molecule has 0 spiro atoms. The molecule has 0 bridgehead atoms. The Bertz CT molecular complexity index is 599. The zero-order valence-electron chi connectivity index (χ0n) is 20.0. The molecule has 1 saturated carbocycles. The van der Waals surface area contributed by atoms with Gasteiger partial charge in [0, 0.05) is 6.42 Å². The fraction of sp³-hybridized carbons (Fsp3) is 0.750. The number of ether oxygens (including phenoxy) is 1. The Morgan fingerprint density at radius 2 is 1.50 bits per heavy atom. The van der Waals surface area contributed by atoms with Crippen LogP contribution in [-0.4, -0.2) is 5.97 Å². The number of carbonyl (C=O) groups is 1. The van der Waals surface area contributed by atoms with Crippen molar-refractivity contribution in [2.24, 2.45) is 11.8 Å². The lowest BCUT2D eigenvalue weighted by Crippen LogP contribution is -2.15. The molecule has 2 heteroatoms. The standard InChI is InChI=1S/C28H46O2/c1-4-6-8-9-11-13-28(29)30-27-21-20-26(23(3)22-27)19-18-25-16-14-24(15-17-25)12-10-7-5-2/h20-22,24-25H,4-19H2,1-3H3/t24-,25-. The van der Waals surface area contributed by atoms with Gasteiger partial charge in [0.2, 0.25) is 0 Å². The second-order valence-corrected chi connectivity index (χ2v) is 9.65. The fourth-order valence-electron chi connectivity index (χ4n) is 4.92. The molecule has 1 aliphatic rings. The molecule has 0 radical (unpaired) electrons. The third-order valence-electron chi connectivity index (χ3n) is 7.03. The summed E-state index contributed by atoms with van der Waals surface area (Å²) in [6.45, 7) is 6.66. The molecule has 2 nitrogen and oxygen atoms in total. The Hall–Kier alpha value is -1.31. The Balaban J connectivity index is 1.67. The summed E-state index contributed by atoms with van der Waals surface area (Å²) in [7, 11) is 0. The van der Waals surface area contributed by atoms with Gasteiger partial charge in [0.25, 0.3) is 0 Å². The van der Waals surface area contributed by atoms with Gasteiger partial charge >= 0.3 is 5.97 Å². The SMILES string of the molecule is CCCCCCCC(=O)Oc1ccc(CC[C@H]2CC[C@H](CCCCC)CC2)c(C)c1. The van der Waals surface area contributed by atoms with Crippen LogP contribution in [0.3, 0.4) is 0 Å². The second kappa shape index (κ2) is 14.7. The predicted octanol–water partition coefficient (Wildman–Crippen LogP) is 8.58. The van der Waals surface area contributed by atoms with E-state index in [4.69, 9.17) is 4.74 Å². The van der Waals surface area contributed by atoms with Crippen LogP contribution in [0.5, 0.6) is 5.75 Å². The number of hydrogen-bond acceptors (Lipinski definition) is 2. The van der Waals surface area contributed by atoms with Crippen LogP contribution < -0.4 is 4.74 Å². The first-order valence-electron chi connectivity index (χ1n) is 12.9. The summed E-state index contributed by atoms with van der Waals surface area (Å²) < 4.78 is 5.56. The molecule has 0 aliphatic heterocycles. The molecule has 170 valence electrons. The second-order valence-electron chi connectivity index (χ2n) is 9.65. The fourth-order valence-corrected chi connectivity index (χ4v) is 4.92. The molecule has 0 amide bonds. The predicted molar refractivity (Wildman–Crippen MR) is 128 cm³/mol. The highest BCUT2D eigenvalue weighted by Gasteiger charge is 2.20. The van der Waals surface area contributed by atoms with Crippen molar-refractivity contribution >= 4 is 5.97 Å². The molecule has 0 atom stereocenters. The van der Waals surface area contributed by atoms with Crippen LogP contribution in [0.4, 0.5) is 0 Å². The van der Waals surface area contributed by atoms with Crippen LogP contribution in [0.1, 0.15) is 121 Å². The average Bonchev–Trinajstić information content (AvgIpc) is 2.74. The molecule has 1 aromatic carbocycles. The molecule has 0 heterocycles. The van der Waals surface area contributed by atoms with Gasteiger partial charge in [-0.2, -0.15) is 0 Å². The highest BCUT2D eigenvalue weighted by Crippen LogP contribution is 2.34. The van der Waals surface area contributed by atoms with Gasteiger partial charge in [-0.3, -0.25) is 4.79 Å². The van der Waals surface area contributed by atoms with Gasteiger partial charge in [-0.1, -0.05) is 97.0 Å². The summed E-state index contributed by atoms with van der Waals surface area (Å²) in [5.41, 5.74) is 2.68. The van der Waals surface area contributed by atoms with E-state index < -0.39 is 0 Å². The first-order chi connectivity index (χ1) is 14.6. The maximum absolute atomic E-state index is 12.1. The van der Waals surface area contributed by atoms with Gasteiger partial charge < -0.3 is 4.74 Å². The summed E-state index contributed by atoms with van der Waals surface area (Å²) in [4.78, 5) is 12.1. The van der Waals surface area contributed by atoms with Crippen molar-refractivity contribution in [3.63, 3.8) is 0 Å². The molecule has 0 N–H and O–H groups in total. The summed E-state index contributed by atoms with van der Waals surface area (Å²) >= 11 is 0. The van der Waals surface area contributed by atoms with E-state index in [1.807, 2.05) is 6.07 Å². The van der Waals surface area contributed by atoms with Crippen molar-refractivity contribution in [1.82, 2.24) is 0 Å². The van der Waals surface area contributed by atoms with Crippen LogP contribution in [0.2, 0.25) is 0 Å². The largest absolute Gasteiger partial charge is 0.427 e. The van der Waals surface area contributed by atoms with Gasteiger partial charge in [-0.15, -0.1) is 0 Å². The normalized spacial score (nSPS) is 19.0. The zero-order chi connectivity index (χ0) is 21.6. The van der Waals surface area contributed by atoms with Crippen molar-refractivity contribution in [1.29, 1.82) is 0 Å². The molecule has 0 unspecified atom stereocenters. The van der Waals surface area contributed by atoms with Crippen LogP contribution >= 0.6 is 0 Å². The van der Waals surface area contributed by atoms with Crippen LogP contribution in [0.15, 0.2) is 18.2 Å². The lowest BCUT2D eigenvalue weighted by atomic mass is 9.77. The number of rotatable bonds is 14. The van der Waals surface area contributed by atoms with E-state index in [2.05, 4.69) is 32.9 Å².